The van der Waals surface area contributed by atoms with E-state index in [1.165, 1.54) is 60.3 Å². The molecule has 0 bridgehead atoms. The van der Waals surface area contributed by atoms with E-state index >= 15 is 0 Å². The number of piperidine rings is 1. The Morgan fingerprint density at radius 3 is 2.53 bits per heavy atom. The number of nitrogens with zero attached hydrogens (tertiary/aromatic N) is 2. The summed E-state index contributed by atoms with van der Waals surface area (Å²) in [6.07, 6.45) is 7.02. The van der Waals surface area contributed by atoms with Gasteiger partial charge in [-0.3, -0.25) is 9.69 Å². The highest BCUT2D eigenvalue weighted by Crippen LogP contribution is 2.29. The van der Waals surface area contributed by atoms with Crippen LogP contribution < -0.4 is 10.2 Å². The van der Waals surface area contributed by atoms with Crippen molar-refractivity contribution in [3.63, 3.8) is 0 Å². The van der Waals surface area contributed by atoms with Crippen molar-refractivity contribution < 1.29 is 4.79 Å². The van der Waals surface area contributed by atoms with Crippen LogP contribution in [0, 0.1) is 6.92 Å². The number of hydrogen-bond donors (Lipinski definition) is 1. The SMILES string of the molecule is Cc1cc(CN2Cc3ccccc3C[C@H]2C(=O)NC2CC2)ccc1N1CCCCC1. The molecule has 1 N–H and O–H groups in total. The Bertz CT molecular complexity index is 914. The molecule has 158 valence electrons. The van der Waals surface area contributed by atoms with E-state index in [0.717, 1.165) is 32.4 Å². The summed E-state index contributed by atoms with van der Waals surface area (Å²) in [4.78, 5) is 17.9. The molecule has 1 atom stereocenters. The molecule has 2 aromatic rings. The summed E-state index contributed by atoms with van der Waals surface area (Å²) < 4.78 is 0. The average molecular weight is 404 g/mol. The van der Waals surface area contributed by atoms with E-state index in [4.69, 9.17) is 0 Å². The second-order valence-corrected chi connectivity index (χ2v) is 9.35. The molecule has 3 aliphatic rings. The number of hydrogen-bond acceptors (Lipinski definition) is 3. The van der Waals surface area contributed by atoms with Crippen LogP contribution in [0.1, 0.15) is 54.4 Å². The molecule has 1 aliphatic carbocycles. The van der Waals surface area contributed by atoms with Crippen LogP contribution in [-0.2, 0) is 24.3 Å². The zero-order valence-electron chi connectivity index (χ0n) is 18.1. The van der Waals surface area contributed by atoms with Crippen molar-refractivity contribution in [3.05, 3.63) is 64.7 Å². The van der Waals surface area contributed by atoms with Gasteiger partial charge in [0.15, 0.2) is 0 Å². The lowest BCUT2D eigenvalue weighted by molar-refractivity contribution is -0.127. The van der Waals surface area contributed by atoms with E-state index in [-0.39, 0.29) is 11.9 Å². The van der Waals surface area contributed by atoms with Gasteiger partial charge in [0.1, 0.15) is 0 Å². The maximum absolute atomic E-state index is 13.0. The van der Waals surface area contributed by atoms with Gasteiger partial charge in [-0.25, -0.2) is 0 Å². The topological polar surface area (TPSA) is 35.6 Å². The molecule has 2 aliphatic heterocycles. The molecule has 1 amide bonds. The number of fused-ring (bicyclic) bond motifs is 1. The highest BCUT2D eigenvalue weighted by Gasteiger charge is 2.34. The number of rotatable bonds is 5. The molecule has 4 heteroatoms. The van der Waals surface area contributed by atoms with Gasteiger partial charge in [0.25, 0.3) is 0 Å². The predicted molar refractivity (Wildman–Crippen MR) is 122 cm³/mol. The first kappa shape index (κ1) is 19.6. The monoisotopic (exact) mass is 403 g/mol. The van der Waals surface area contributed by atoms with Gasteiger partial charge in [0, 0.05) is 37.9 Å². The lowest BCUT2D eigenvalue weighted by Gasteiger charge is -2.36. The van der Waals surface area contributed by atoms with Crippen LogP contribution in [0.4, 0.5) is 5.69 Å². The fourth-order valence-corrected chi connectivity index (χ4v) is 5.07. The average Bonchev–Trinajstić information content (AvgIpc) is 3.58. The quantitative estimate of drug-likeness (QED) is 0.813. The largest absolute Gasteiger partial charge is 0.371 e. The van der Waals surface area contributed by atoms with Gasteiger partial charge in [0.2, 0.25) is 5.91 Å². The smallest absolute Gasteiger partial charge is 0.237 e. The number of amides is 1. The molecule has 30 heavy (non-hydrogen) atoms. The Morgan fingerprint density at radius 1 is 1.03 bits per heavy atom. The zero-order valence-corrected chi connectivity index (χ0v) is 18.1. The van der Waals surface area contributed by atoms with Crippen molar-refractivity contribution >= 4 is 11.6 Å². The number of benzene rings is 2. The van der Waals surface area contributed by atoms with Gasteiger partial charge in [0.05, 0.1) is 6.04 Å². The van der Waals surface area contributed by atoms with Crippen LogP contribution in [0.2, 0.25) is 0 Å². The van der Waals surface area contributed by atoms with Crippen LogP contribution in [0.25, 0.3) is 0 Å². The Morgan fingerprint density at radius 2 is 1.80 bits per heavy atom. The fraction of sp³-hybridized carbons (Fsp3) is 0.500. The minimum atomic E-state index is -0.0809. The fourth-order valence-electron chi connectivity index (χ4n) is 5.07. The molecule has 1 saturated heterocycles. The van der Waals surface area contributed by atoms with Crippen molar-refractivity contribution in [1.29, 1.82) is 0 Å². The van der Waals surface area contributed by atoms with Crippen LogP contribution in [0.15, 0.2) is 42.5 Å². The summed E-state index contributed by atoms with van der Waals surface area (Å²) >= 11 is 0. The standard InChI is InChI=1S/C26H33N3O/c1-19-15-20(9-12-24(19)28-13-5-2-6-14-28)17-29-18-22-8-4-3-7-21(22)16-25(29)26(30)27-23-10-11-23/h3-4,7-9,12,15,23,25H,2,5-6,10-11,13-14,16-18H2,1H3,(H,27,30)/t25-/m0/s1. The summed E-state index contributed by atoms with van der Waals surface area (Å²) in [5.41, 5.74) is 6.71. The number of nitrogens with one attached hydrogen (secondary N) is 1. The molecule has 2 fully saturated rings. The molecule has 2 heterocycles. The molecule has 0 aromatic heterocycles. The van der Waals surface area contributed by atoms with Crippen LogP contribution >= 0.6 is 0 Å². The Labute approximate surface area is 180 Å². The van der Waals surface area contributed by atoms with Gasteiger partial charge in [-0.1, -0.05) is 36.4 Å². The minimum Gasteiger partial charge on any atom is -0.371 e. The number of aryl methyl sites for hydroxylation is 1. The normalized spacial score (nSPS) is 21.9. The third-order valence-corrected chi connectivity index (χ3v) is 6.92. The maximum Gasteiger partial charge on any atom is 0.237 e. The van der Waals surface area contributed by atoms with Crippen molar-refractivity contribution in [3.8, 4) is 0 Å². The molecule has 0 spiro atoms. The van der Waals surface area contributed by atoms with Gasteiger partial charge in [-0.15, -0.1) is 0 Å². The van der Waals surface area contributed by atoms with Crippen LogP contribution in [-0.4, -0.2) is 36.0 Å². The van der Waals surface area contributed by atoms with Crippen molar-refractivity contribution in [2.45, 2.75) is 70.6 Å². The molecule has 5 rings (SSSR count). The third kappa shape index (κ3) is 4.24. The zero-order chi connectivity index (χ0) is 20.5. The van der Waals surface area contributed by atoms with E-state index in [9.17, 15) is 4.79 Å². The second kappa shape index (κ2) is 8.43. The Hall–Kier alpha value is -2.33. The van der Waals surface area contributed by atoms with E-state index in [1.807, 2.05) is 0 Å². The Balaban J connectivity index is 1.35. The molecular formula is C26H33N3O. The summed E-state index contributed by atoms with van der Waals surface area (Å²) in [7, 11) is 0. The molecule has 1 saturated carbocycles. The van der Waals surface area contributed by atoms with Gasteiger partial charge in [-0.2, -0.15) is 0 Å². The van der Waals surface area contributed by atoms with Gasteiger partial charge >= 0.3 is 0 Å². The highest BCUT2D eigenvalue weighted by molar-refractivity contribution is 5.83. The lowest BCUT2D eigenvalue weighted by atomic mass is 9.92. The van der Waals surface area contributed by atoms with Gasteiger partial charge in [-0.05, 0) is 73.8 Å². The number of anilines is 1. The molecule has 4 nitrogen and oxygen atoms in total. The van der Waals surface area contributed by atoms with Crippen LogP contribution in [0.5, 0.6) is 0 Å². The molecule has 0 unspecified atom stereocenters. The maximum atomic E-state index is 13.0. The summed E-state index contributed by atoms with van der Waals surface area (Å²) in [6.45, 7) is 6.24. The number of carbonyl (C=O) groups is 1. The van der Waals surface area contributed by atoms with Crippen molar-refractivity contribution in [2.24, 2.45) is 0 Å². The summed E-state index contributed by atoms with van der Waals surface area (Å²) in [6, 6.07) is 15.8. The minimum absolute atomic E-state index is 0.0809. The first-order valence-electron chi connectivity index (χ1n) is 11.6. The van der Waals surface area contributed by atoms with E-state index in [2.05, 4.69) is 64.5 Å². The van der Waals surface area contributed by atoms with Crippen LogP contribution in [0.3, 0.4) is 0 Å². The van der Waals surface area contributed by atoms with E-state index in [1.54, 1.807) is 0 Å². The number of carbonyl (C=O) groups excluding carboxylic acids is 1. The summed E-state index contributed by atoms with van der Waals surface area (Å²) in [5, 5.41) is 3.25. The summed E-state index contributed by atoms with van der Waals surface area (Å²) in [5.74, 6) is 0.202. The molecular weight excluding hydrogens is 370 g/mol. The Kier molecular flexibility index (Phi) is 5.51. The molecule has 0 radical (unpaired) electrons. The van der Waals surface area contributed by atoms with Gasteiger partial charge < -0.3 is 10.2 Å². The molecule has 2 aromatic carbocycles. The first-order valence-corrected chi connectivity index (χ1v) is 11.6. The first-order chi connectivity index (χ1) is 14.7. The third-order valence-electron chi connectivity index (χ3n) is 6.92. The second-order valence-electron chi connectivity index (χ2n) is 9.35. The van der Waals surface area contributed by atoms with E-state index in [0.29, 0.717) is 6.04 Å². The highest BCUT2D eigenvalue weighted by atomic mass is 16.2. The predicted octanol–water partition coefficient (Wildman–Crippen LogP) is 4.19. The van der Waals surface area contributed by atoms with Crippen molar-refractivity contribution in [2.75, 3.05) is 18.0 Å². The lowest BCUT2D eigenvalue weighted by Crippen LogP contribution is -2.50. The van der Waals surface area contributed by atoms with E-state index < -0.39 is 0 Å². The van der Waals surface area contributed by atoms with Crippen molar-refractivity contribution in [1.82, 2.24) is 10.2 Å².